The van der Waals surface area contributed by atoms with Crippen LogP contribution < -0.4 is 16.4 Å². The highest BCUT2D eigenvalue weighted by molar-refractivity contribution is 5.89. The van der Waals surface area contributed by atoms with E-state index in [0.29, 0.717) is 12.2 Å². The summed E-state index contributed by atoms with van der Waals surface area (Å²) >= 11 is 0. The van der Waals surface area contributed by atoms with Gasteiger partial charge in [0.15, 0.2) is 0 Å². The lowest BCUT2D eigenvalue weighted by Crippen LogP contribution is -2.31. The molecule has 2 aromatic rings. The van der Waals surface area contributed by atoms with Crippen molar-refractivity contribution in [2.45, 2.75) is 19.5 Å². The molecular formula is C16H18FN3O. The summed E-state index contributed by atoms with van der Waals surface area (Å²) in [7, 11) is 0. The number of carbonyl (C=O) groups is 1. The summed E-state index contributed by atoms with van der Waals surface area (Å²) in [5, 5.41) is 5.54. The van der Waals surface area contributed by atoms with Gasteiger partial charge in [0.25, 0.3) is 0 Å². The Balaban J connectivity index is 1.92. The van der Waals surface area contributed by atoms with Crippen molar-refractivity contribution in [3.63, 3.8) is 0 Å². The minimum Gasteiger partial charge on any atom is -0.331 e. The Bertz CT molecular complexity index is 596. The van der Waals surface area contributed by atoms with Crippen LogP contribution in [0.3, 0.4) is 0 Å². The number of anilines is 1. The topological polar surface area (TPSA) is 67.2 Å². The van der Waals surface area contributed by atoms with Crippen molar-refractivity contribution >= 4 is 11.7 Å². The summed E-state index contributed by atoms with van der Waals surface area (Å²) in [6.07, 6.45) is 0. The van der Waals surface area contributed by atoms with Crippen LogP contribution in [0.15, 0.2) is 48.5 Å². The first-order chi connectivity index (χ1) is 10.1. The van der Waals surface area contributed by atoms with E-state index in [2.05, 4.69) is 10.6 Å². The fourth-order valence-electron chi connectivity index (χ4n) is 1.92. The largest absolute Gasteiger partial charge is 0.331 e. The zero-order valence-electron chi connectivity index (χ0n) is 11.8. The third kappa shape index (κ3) is 4.29. The van der Waals surface area contributed by atoms with E-state index in [1.54, 1.807) is 24.3 Å². The molecule has 110 valence electrons. The van der Waals surface area contributed by atoms with Crippen LogP contribution in [0.4, 0.5) is 14.9 Å². The molecule has 2 aromatic carbocycles. The van der Waals surface area contributed by atoms with Gasteiger partial charge in [-0.1, -0.05) is 24.3 Å². The molecule has 4 nitrogen and oxygen atoms in total. The molecule has 2 amide bonds. The first-order valence-electron chi connectivity index (χ1n) is 6.70. The lowest BCUT2D eigenvalue weighted by Gasteiger charge is -2.15. The van der Waals surface area contributed by atoms with Gasteiger partial charge in [-0.2, -0.15) is 0 Å². The molecule has 0 aliphatic rings. The van der Waals surface area contributed by atoms with Crippen LogP contribution in [0, 0.1) is 5.82 Å². The number of benzene rings is 2. The predicted octanol–water partition coefficient (Wildman–Crippen LogP) is 3.17. The average molecular weight is 287 g/mol. The van der Waals surface area contributed by atoms with Crippen LogP contribution in [-0.2, 0) is 6.54 Å². The fraction of sp³-hybridized carbons (Fsp3) is 0.188. The third-order valence-corrected chi connectivity index (χ3v) is 3.17. The van der Waals surface area contributed by atoms with Gasteiger partial charge in [0, 0.05) is 12.2 Å². The Morgan fingerprint density at radius 3 is 2.33 bits per heavy atom. The molecule has 0 bridgehead atoms. The number of nitrogens with one attached hydrogen (secondary N) is 2. The molecule has 1 atom stereocenters. The lowest BCUT2D eigenvalue weighted by molar-refractivity contribution is 0.249. The maximum Gasteiger partial charge on any atom is 0.319 e. The monoisotopic (exact) mass is 287 g/mol. The summed E-state index contributed by atoms with van der Waals surface area (Å²) in [5.74, 6) is -0.296. The number of rotatable bonds is 4. The highest BCUT2D eigenvalue weighted by Crippen LogP contribution is 2.14. The number of hydrogen-bond acceptors (Lipinski definition) is 2. The highest BCUT2D eigenvalue weighted by atomic mass is 19.1. The Morgan fingerprint density at radius 1 is 1.14 bits per heavy atom. The van der Waals surface area contributed by atoms with Crippen LogP contribution in [-0.4, -0.2) is 6.03 Å². The SMILES string of the molecule is CC(NC(=O)Nc1ccc(CN)cc1)c1ccc(F)cc1. The van der Waals surface area contributed by atoms with E-state index in [0.717, 1.165) is 11.1 Å². The maximum absolute atomic E-state index is 12.9. The van der Waals surface area contributed by atoms with Crippen molar-refractivity contribution in [3.05, 3.63) is 65.5 Å². The van der Waals surface area contributed by atoms with Crippen molar-refractivity contribution in [1.29, 1.82) is 0 Å². The molecule has 1 unspecified atom stereocenters. The molecule has 0 spiro atoms. The van der Waals surface area contributed by atoms with Gasteiger partial charge in [-0.05, 0) is 42.3 Å². The van der Waals surface area contributed by atoms with Gasteiger partial charge in [-0.3, -0.25) is 0 Å². The second-order valence-electron chi connectivity index (χ2n) is 4.77. The minimum absolute atomic E-state index is 0.214. The summed E-state index contributed by atoms with van der Waals surface area (Å²) in [6.45, 7) is 2.30. The molecule has 0 saturated heterocycles. The summed E-state index contributed by atoms with van der Waals surface area (Å²) in [5.41, 5.74) is 8.05. The van der Waals surface area contributed by atoms with E-state index in [1.807, 2.05) is 19.1 Å². The van der Waals surface area contributed by atoms with Gasteiger partial charge in [-0.25, -0.2) is 9.18 Å². The van der Waals surface area contributed by atoms with E-state index in [1.165, 1.54) is 12.1 Å². The van der Waals surface area contributed by atoms with Crippen LogP contribution in [0.2, 0.25) is 0 Å². The van der Waals surface area contributed by atoms with Crippen LogP contribution in [0.1, 0.15) is 24.1 Å². The average Bonchev–Trinajstić information content (AvgIpc) is 2.48. The molecule has 5 heteroatoms. The lowest BCUT2D eigenvalue weighted by atomic mass is 10.1. The number of hydrogen-bond donors (Lipinski definition) is 3. The molecule has 2 rings (SSSR count). The summed E-state index contributed by atoms with van der Waals surface area (Å²) in [6, 6.07) is 12.8. The van der Waals surface area contributed by atoms with Crippen LogP contribution in [0.5, 0.6) is 0 Å². The minimum atomic E-state index is -0.313. The van der Waals surface area contributed by atoms with Gasteiger partial charge in [0.2, 0.25) is 0 Å². The normalized spacial score (nSPS) is 11.8. The molecule has 21 heavy (non-hydrogen) atoms. The van der Waals surface area contributed by atoms with Crippen molar-refractivity contribution in [3.8, 4) is 0 Å². The maximum atomic E-state index is 12.9. The first kappa shape index (κ1) is 15.0. The molecule has 0 aliphatic heterocycles. The summed E-state index contributed by atoms with van der Waals surface area (Å²) in [4.78, 5) is 11.9. The van der Waals surface area contributed by atoms with E-state index in [4.69, 9.17) is 5.73 Å². The van der Waals surface area contributed by atoms with E-state index < -0.39 is 0 Å². The molecule has 0 aliphatic carbocycles. The second-order valence-corrected chi connectivity index (χ2v) is 4.77. The molecule has 0 saturated carbocycles. The Hall–Kier alpha value is -2.40. The van der Waals surface area contributed by atoms with Crippen molar-refractivity contribution in [1.82, 2.24) is 5.32 Å². The summed E-state index contributed by atoms with van der Waals surface area (Å²) < 4.78 is 12.9. The quantitative estimate of drug-likeness (QED) is 0.808. The Morgan fingerprint density at radius 2 is 1.76 bits per heavy atom. The number of carbonyl (C=O) groups excluding carboxylic acids is 1. The smallest absolute Gasteiger partial charge is 0.319 e. The van der Waals surface area contributed by atoms with Gasteiger partial charge in [0.05, 0.1) is 6.04 Å². The van der Waals surface area contributed by atoms with E-state index in [9.17, 15) is 9.18 Å². The standard InChI is InChI=1S/C16H18FN3O/c1-11(13-4-6-14(17)7-5-13)19-16(21)20-15-8-2-12(10-18)3-9-15/h2-9,11H,10,18H2,1H3,(H2,19,20,21). The van der Waals surface area contributed by atoms with E-state index >= 15 is 0 Å². The zero-order valence-corrected chi connectivity index (χ0v) is 11.8. The van der Waals surface area contributed by atoms with Crippen molar-refractivity contribution < 1.29 is 9.18 Å². The third-order valence-electron chi connectivity index (χ3n) is 3.17. The second kappa shape index (κ2) is 6.85. The van der Waals surface area contributed by atoms with Gasteiger partial charge >= 0.3 is 6.03 Å². The number of amides is 2. The van der Waals surface area contributed by atoms with Gasteiger partial charge in [0.1, 0.15) is 5.82 Å². The fourth-order valence-corrected chi connectivity index (χ4v) is 1.92. The van der Waals surface area contributed by atoms with Crippen molar-refractivity contribution in [2.75, 3.05) is 5.32 Å². The van der Waals surface area contributed by atoms with Gasteiger partial charge < -0.3 is 16.4 Å². The molecule has 4 N–H and O–H groups in total. The predicted molar refractivity (Wildman–Crippen MR) is 81.3 cm³/mol. The molecule has 0 aromatic heterocycles. The molecule has 0 heterocycles. The van der Waals surface area contributed by atoms with Gasteiger partial charge in [-0.15, -0.1) is 0 Å². The van der Waals surface area contributed by atoms with Crippen LogP contribution in [0.25, 0.3) is 0 Å². The number of urea groups is 1. The number of halogens is 1. The molecule has 0 fully saturated rings. The molecular weight excluding hydrogens is 269 g/mol. The molecule has 0 radical (unpaired) electrons. The van der Waals surface area contributed by atoms with Crippen LogP contribution >= 0.6 is 0 Å². The Labute approximate surface area is 123 Å². The van der Waals surface area contributed by atoms with Crippen molar-refractivity contribution in [2.24, 2.45) is 5.73 Å². The first-order valence-corrected chi connectivity index (χ1v) is 6.70. The number of nitrogens with two attached hydrogens (primary N) is 1. The Kier molecular flexibility index (Phi) is 4.90. The highest BCUT2D eigenvalue weighted by Gasteiger charge is 2.09. The van der Waals surface area contributed by atoms with E-state index in [-0.39, 0.29) is 17.9 Å². The zero-order chi connectivity index (χ0) is 15.2.